The molecule has 0 radical (unpaired) electrons. The molecule has 0 aliphatic rings. The van der Waals surface area contributed by atoms with Crippen LogP contribution in [0.3, 0.4) is 0 Å². The molecule has 0 atom stereocenters. The van der Waals surface area contributed by atoms with E-state index in [2.05, 4.69) is 62.1 Å². The summed E-state index contributed by atoms with van der Waals surface area (Å²) in [4.78, 5) is 7.18. The number of hydrogen-bond donors (Lipinski definition) is 4. The molecule has 4 N–H and O–H groups in total. The first-order chi connectivity index (χ1) is 13.3. The van der Waals surface area contributed by atoms with E-state index < -0.39 is 11.6 Å². The van der Waals surface area contributed by atoms with Crippen LogP contribution < -0.4 is 10.6 Å². The SMILES string of the molecule is CC(C)(C)NCc1cc(C(C)(C)C)cc(Nc2nc3cc(F)c(F)cc3[nH]2)c1O. The molecule has 7 heteroatoms. The average Bonchev–Trinajstić information content (AvgIpc) is 2.95. The Hall–Kier alpha value is -2.67. The van der Waals surface area contributed by atoms with Gasteiger partial charge in [-0.3, -0.25) is 0 Å². The summed E-state index contributed by atoms with van der Waals surface area (Å²) in [6, 6.07) is 5.95. The van der Waals surface area contributed by atoms with Crippen LogP contribution in [0.15, 0.2) is 24.3 Å². The number of anilines is 2. The number of imidazole rings is 1. The molecule has 3 rings (SSSR count). The van der Waals surface area contributed by atoms with Crippen molar-refractivity contribution in [1.29, 1.82) is 0 Å². The first kappa shape index (κ1) is 21.0. The molecule has 156 valence electrons. The molecule has 0 amide bonds. The highest BCUT2D eigenvalue weighted by molar-refractivity contribution is 5.79. The van der Waals surface area contributed by atoms with Crippen molar-refractivity contribution in [3.8, 4) is 5.75 Å². The molecular formula is C22H28F2N4O. The summed E-state index contributed by atoms with van der Waals surface area (Å²) < 4.78 is 26.9. The molecule has 0 spiro atoms. The van der Waals surface area contributed by atoms with Crippen LogP contribution in [0.1, 0.15) is 52.7 Å². The number of phenols is 1. The zero-order valence-corrected chi connectivity index (χ0v) is 17.7. The Morgan fingerprint density at radius 2 is 1.66 bits per heavy atom. The van der Waals surface area contributed by atoms with Gasteiger partial charge >= 0.3 is 0 Å². The fourth-order valence-corrected chi connectivity index (χ4v) is 2.91. The van der Waals surface area contributed by atoms with E-state index in [-0.39, 0.29) is 16.7 Å². The predicted octanol–water partition coefficient (Wildman–Crippen LogP) is 5.48. The molecule has 3 aromatic rings. The number of rotatable bonds is 4. The Balaban J connectivity index is 2.01. The number of benzene rings is 2. The van der Waals surface area contributed by atoms with Crippen LogP contribution in [0.25, 0.3) is 11.0 Å². The second-order valence-corrected chi connectivity index (χ2v) is 9.38. The first-order valence-corrected chi connectivity index (χ1v) is 9.57. The highest BCUT2D eigenvalue weighted by Gasteiger charge is 2.20. The van der Waals surface area contributed by atoms with Crippen LogP contribution in [-0.2, 0) is 12.0 Å². The van der Waals surface area contributed by atoms with Gasteiger partial charge in [-0.25, -0.2) is 13.8 Å². The Bertz CT molecular complexity index is 1010. The minimum Gasteiger partial charge on any atom is -0.505 e. The third-order valence-corrected chi connectivity index (χ3v) is 4.64. The standard InChI is InChI=1S/C22H28F2N4O/c1-21(2,3)13-7-12(11-25-22(4,5)6)19(29)18(8-13)28-20-26-16-9-14(23)15(24)10-17(16)27-20/h7-10,25,29H,11H2,1-6H3,(H2,26,27,28). The van der Waals surface area contributed by atoms with Crippen molar-refractivity contribution in [3.05, 3.63) is 47.0 Å². The zero-order chi connectivity index (χ0) is 21.6. The summed E-state index contributed by atoms with van der Waals surface area (Å²) in [7, 11) is 0. The Morgan fingerprint density at radius 3 is 2.28 bits per heavy atom. The molecule has 0 unspecified atom stereocenters. The van der Waals surface area contributed by atoms with Gasteiger partial charge < -0.3 is 20.7 Å². The highest BCUT2D eigenvalue weighted by Crippen LogP contribution is 2.36. The predicted molar refractivity (Wildman–Crippen MR) is 113 cm³/mol. The normalized spacial score (nSPS) is 12.6. The zero-order valence-electron chi connectivity index (χ0n) is 17.7. The van der Waals surface area contributed by atoms with Gasteiger partial charge in [0.15, 0.2) is 11.6 Å². The second-order valence-electron chi connectivity index (χ2n) is 9.38. The second kappa shape index (κ2) is 7.30. The third kappa shape index (κ3) is 4.85. The van der Waals surface area contributed by atoms with Gasteiger partial charge in [0.05, 0.1) is 16.7 Å². The maximum Gasteiger partial charge on any atom is 0.205 e. The smallest absolute Gasteiger partial charge is 0.205 e. The molecule has 0 saturated heterocycles. The summed E-state index contributed by atoms with van der Waals surface area (Å²) in [5, 5.41) is 17.3. The number of halogens is 2. The van der Waals surface area contributed by atoms with Crippen LogP contribution in [0.5, 0.6) is 5.75 Å². The molecular weight excluding hydrogens is 374 g/mol. The highest BCUT2D eigenvalue weighted by atomic mass is 19.2. The lowest BCUT2D eigenvalue weighted by Crippen LogP contribution is -2.35. The third-order valence-electron chi connectivity index (χ3n) is 4.64. The lowest BCUT2D eigenvalue weighted by atomic mass is 9.85. The van der Waals surface area contributed by atoms with E-state index in [9.17, 15) is 13.9 Å². The van der Waals surface area contributed by atoms with E-state index in [4.69, 9.17) is 0 Å². The minimum atomic E-state index is -0.955. The molecule has 0 aliphatic heterocycles. The number of fused-ring (bicyclic) bond motifs is 1. The van der Waals surface area contributed by atoms with Crippen molar-refractivity contribution in [3.63, 3.8) is 0 Å². The van der Waals surface area contributed by atoms with Crippen LogP contribution >= 0.6 is 0 Å². The number of H-pyrrole nitrogens is 1. The maximum atomic E-state index is 13.5. The van der Waals surface area contributed by atoms with Gasteiger partial charge in [-0.1, -0.05) is 26.8 Å². The molecule has 1 heterocycles. The van der Waals surface area contributed by atoms with Crippen molar-refractivity contribution in [2.75, 3.05) is 5.32 Å². The van der Waals surface area contributed by atoms with Gasteiger partial charge in [0.1, 0.15) is 5.75 Å². The molecule has 0 fully saturated rings. The van der Waals surface area contributed by atoms with Gasteiger partial charge in [-0.05, 0) is 37.8 Å². The van der Waals surface area contributed by atoms with E-state index in [0.717, 1.165) is 23.3 Å². The van der Waals surface area contributed by atoms with Gasteiger partial charge in [0.25, 0.3) is 0 Å². The van der Waals surface area contributed by atoms with Crippen molar-refractivity contribution in [1.82, 2.24) is 15.3 Å². The maximum absolute atomic E-state index is 13.5. The minimum absolute atomic E-state index is 0.104. The Morgan fingerprint density at radius 1 is 1.00 bits per heavy atom. The number of aromatic nitrogens is 2. The van der Waals surface area contributed by atoms with Gasteiger partial charge in [0.2, 0.25) is 5.95 Å². The van der Waals surface area contributed by atoms with Gasteiger partial charge in [0, 0.05) is 29.8 Å². The topological polar surface area (TPSA) is 73.0 Å². The molecule has 0 aliphatic carbocycles. The number of hydrogen-bond acceptors (Lipinski definition) is 4. The van der Waals surface area contributed by atoms with Crippen molar-refractivity contribution in [2.24, 2.45) is 0 Å². The number of aromatic amines is 1. The van der Waals surface area contributed by atoms with Crippen molar-refractivity contribution >= 4 is 22.7 Å². The molecule has 5 nitrogen and oxygen atoms in total. The van der Waals surface area contributed by atoms with Gasteiger partial charge in [-0.2, -0.15) is 0 Å². The number of nitrogens with one attached hydrogen (secondary N) is 3. The number of aromatic hydroxyl groups is 1. The Labute approximate surface area is 169 Å². The van der Waals surface area contributed by atoms with E-state index >= 15 is 0 Å². The molecule has 1 aromatic heterocycles. The monoisotopic (exact) mass is 402 g/mol. The fraction of sp³-hybridized carbons (Fsp3) is 0.409. The lowest BCUT2D eigenvalue weighted by Gasteiger charge is -2.25. The summed E-state index contributed by atoms with van der Waals surface area (Å²) in [6.07, 6.45) is 0. The molecule has 0 saturated carbocycles. The number of nitrogens with zero attached hydrogens (tertiary/aromatic N) is 1. The largest absolute Gasteiger partial charge is 0.505 e. The van der Waals surface area contributed by atoms with Crippen LogP contribution in [-0.4, -0.2) is 20.6 Å². The molecule has 29 heavy (non-hydrogen) atoms. The Kier molecular flexibility index (Phi) is 5.30. The van der Waals surface area contributed by atoms with E-state index in [1.54, 1.807) is 0 Å². The van der Waals surface area contributed by atoms with E-state index in [1.165, 1.54) is 0 Å². The summed E-state index contributed by atoms with van der Waals surface area (Å²) in [5.74, 6) is -1.50. The lowest BCUT2D eigenvalue weighted by molar-refractivity contribution is 0.412. The summed E-state index contributed by atoms with van der Waals surface area (Å²) in [5.41, 5.74) is 2.69. The number of phenolic OH excluding ortho intramolecular Hbond substituents is 1. The fourth-order valence-electron chi connectivity index (χ4n) is 2.91. The van der Waals surface area contributed by atoms with E-state index in [0.29, 0.717) is 29.2 Å². The summed E-state index contributed by atoms with van der Waals surface area (Å²) in [6.45, 7) is 12.9. The van der Waals surface area contributed by atoms with Crippen molar-refractivity contribution in [2.45, 2.75) is 59.0 Å². The van der Waals surface area contributed by atoms with E-state index in [1.807, 2.05) is 12.1 Å². The van der Waals surface area contributed by atoms with Gasteiger partial charge in [-0.15, -0.1) is 0 Å². The van der Waals surface area contributed by atoms with Crippen LogP contribution in [0, 0.1) is 11.6 Å². The summed E-state index contributed by atoms with van der Waals surface area (Å²) >= 11 is 0. The van der Waals surface area contributed by atoms with Crippen LogP contribution in [0.2, 0.25) is 0 Å². The quantitative estimate of drug-likeness (QED) is 0.436. The van der Waals surface area contributed by atoms with Crippen LogP contribution in [0.4, 0.5) is 20.4 Å². The first-order valence-electron chi connectivity index (χ1n) is 9.57. The van der Waals surface area contributed by atoms with Crippen molar-refractivity contribution < 1.29 is 13.9 Å². The average molecular weight is 402 g/mol. The molecule has 0 bridgehead atoms. The molecule has 2 aromatic carbocycles.